The minimum atomic E-state index is -0.386. The van der Waals surface area contributed by atoms with Gasteiger partial charge in [-0.15, -0.1) is 0 Å². The molecule has 5 rings (SSSR count). The molecule has 0 radical (unpaired) electrons. The van der Waals surface area contributed by atoms with Gasteiger partial charge in [0.2, 0.25) is 0 Å². The molecule has 0 amide bonds. The van der Waals surface area contributed by atoms with Crippen LogP contribution in [0.4, 0.5) is 0 Å². The van der Waals surface area contributed by atoms with Gasteiger partial charge in [-0.1, -0.05) is 48.5 Å². The van der Waals surface area contributed by atoms with Gasteiger partial charge in [0.15, 0.2) is 0 Å². The van der Waals surface area contributed by atoms with Crippen LogP contribution in [0.3, 0.4) is 0 Å². The van der Waals surface area contributed by atoms with Crippen LogP contribution in [0, 0.1) is 56.2 Å². The van der Waals surface area contributed by atoms with Crippen molar-refractivity contribution in [1.82, 2.24) is 0 Å². The third kappa shape index (κ3) is 2.99. The van der Waals surface area contributed by atoms with E-state index in [1.807, 2.05) is 6.92 Å². The highest BCUT2D eigenvalue weighted by atomic mass is 16.6. The first-order valence-electron chi connectivity index (χ1n) is 14.0. The molecule has 1 heterocycles. The van der Waals surface area contributed by atoms with Gasteiger partial charge in [-0.25, -0.2) is 0 Å². The van der Waals surface area contributed by atoms with Gasteiger partial charge in [0.25, 0.3) is 0 Å². The van der Waals surface area contributed by atoms with Crippen molar-refractivity contribution in [2.24, 2.45) is 56.2 Å². The normalized spacial score (nSPS) is 54.6. The third-order valence-electron chi connectivity index (χ3n) is 13.5. The number of aliphatic hydroxyl groups is 1. The average Bonchev–Trinajstić information content (AvgIpc) is 2.85. The first-order chi connectivity index (χ1) is 15.7. The zero-order valence-corrected chi connectivity index (χ0v) is 22.8. The lowest BCUT2D eigenvalue weighted by molar-refractivity contribution is -0.264. The predicted molar refractivity (Wildman–Crippen MR) is 133 cm³/mol. The summed E-state index contributed by atoms with van der Waals surface area (Å²) in [7, 11) is 0. The summed E-state index contributed by atoms with van der Waals surface area (Å²) < 4.78 is 5.25. The zero-order valence-electron chi connectivity index (χ0n) is 22.8. The lowest BCUT2D eigenvalue weighted by atomic mass is 9.30. The molecule has 5 aliphatic rings. The van der Waals surface area contributed by atoms with Gasteiger partial charge in [0, 0.05) is 12.0 Å². The van der Waals surface area contributed by atoms with Crippen molar-refractivity contribution in [2.75, 3.05) is 6.61 Å². The number of carbonyl (C=O) groups excluding carboxylic acids is 2. The molecule has 1 saturated heterocycles. The Bertz CT molecular complexity index is 894. The van der Waals surface area contributed by atoms with E-state index < -0.39 is 0 Å². The molecule has 4 aliphatic carbocycles. The third-order valence-corrected chi connectivity index (χ3v) is 13.5. The number of esters is 2. The first-order valence-corrected chi connectivity index (χ1v) is 14.0. The lowest BCUT2D eigenvalue weighted by Crippen LogP contribution is -2.68. The molecule has 4 nitrogen and oxygen atoms in total. The van der Waals surface area contributed by atoms with Gasteiger partial charge in [0.05, 0.1) is 12.3 Å². The number of hydrogen-bond donors (Lipinski definition) is 1. The molecule has 9 unspecified atom stereocenters. The van der Waals surface area contributed by atoms with Crippen molar-refractivity contribution in [3.05, 3.63) is 0 Å². The molecule has 0 aromatic heterocycles. The maximum atomic E-state index is 12.8. The van der Waals surface area contributed by atoms with E-state index in [1.165, 1.54) is 32.1 Å². The smallest absolute Gasteiger partial charge is 0.316 e. The highest BCUT2D eigenvalue weighted by Crippen LogP contribution is 2.78. The number of hydrogen-bond acceptors (Lipinski definition) is 4. The van der Waals surface area contributed by atoms with Crippen molar-refractivity contribution < 1.29 is 19.4 Å². The van der Waals surface area contributed by atoms with Crippen LogP contribution in [0.1, 0.15) is 113 Å². The van der Waals surface area contributed by atoms with Crippen LogP contribution in [0.2, 0.25) is 0 Å². The second-order valence-corrected chi connectivity index (χ2v) is 15.2. The predicted octanol–water partition coefficient (Wildman–Crippen LogP) is 6.54. The zero-order chi connectivity index (χ0) is 24.9. The quantitative estimate of drug-likeness (QED) is 0.348. The highest BCUT2D eigenvalue weighted by Gasteiger charge is 2.72. The van der Waals surface area contributed by atoms with Crippen LogP contribution in [-0.2, 0) is 14.3 Å². The van der Waals surface area contributed by atoms with E-state index in [1.54, 1.807) is 0 Å². The number of ether oxygens (including phenoxy) is 1. The van der Waals surface area contributed by atoms with Crippen LogP contribution in [0.15, 0.2) is 0 Å². The van der Waals surface area contributed by atoms with Gasteiger partial charge in [-0.3, -0.25) is 9.59 Å². The van der Waals surface area contributed by atoms with E-state index in [-0.39, 0.29) is 58.5 Å². The molecular formula is C30H48O4. The van der Waals surface area contributed by atoms with Gasteiger partial charge in [0.1, 0.15) is 0 Å². The standard InChI is InChI=1S/C30H48O4/c1-19-24(33)34-23(32)16-21-27(19,5)9-8-20-28(6)13-12-26(4)11-10-25(2,3)17-22(26)29(28,7)14-15-30(20,21)18-31/h19-22,31H,8-18H2,1-7H3. The molecule has 0 bridgehead atoms. The van der Waals surface area contributed by atoms with Crippen molar-refractivity contribution >= 4 is 11.9 Å². The van der Waals surface area contributed by atoms with Crippen molar-refractivity contribution in [3.8, 4) is 0 Å². The Morgan fingerprint density at radius 2 is 1.44 bits per heavy atom. The van der Waals surface area contributed by atoms with Crippen LogP contribution < -0.4 is 0 Å². The van der Waals surface area contributed by atoms with E-state index >= 15 is 0 Å². The average molecular weight is 473 g/mol. The SMILES string of the molecule is CC1C(=O)OC(=O)CC2C1(C)CCC1C2(CO)CCC2(C)C3CC(C)(C)CCC3(C)CCC12C. The Morgan fingerprint density at radius 3 is 2.12 bits per heavy atom. The molecule has 5 fully saturated rings. The Labute approximate surface area is 207 Å². The van der Waals surface area contributed by atoms with Gasteiger partial charge in [-0.2, -0.15) is 0 Å². The van der Waals surface area contributed by atoms with Gasteiger partial charge in [-0.05, 0) is 103 Å². The molecule has 1 aliphatic heterocycles. The maximum Gasteiger partial charge on any atom is 0.316 e. The minimum absolute atomic E-state index is 0.00446. The largest absolute Gasteiger partial charge is 0.396 e. The van der Waals surface area contributed by atoms with Crippen molar-refractivity contribution in [3.63, 3.8) is 0 Å². The summed E-state index contributed by atoms with van der Waals surface area (Å²) in [4.78, 5) is 25.5. The minimum Gasteiger partial charge on any atom is -0.396 e. The van der Waals surface area contributed by atoms with E-state index in [0.29, 0.717) is 22.7 Å². The number of rotatable bonds is 1. The molecule has 4 heteroatoms. The molecule has 34 heavy (non-hydrogen) atoms. The molecule has 0 aromatic rings. The van der Waals surface area contributed by atoms with Gasteiger partial charge < -0.3 is 9.84 Å². The van der Waals surface area contributed by atoms with Crippen LogP contribution in [0.25, 0.3) is 0 Å². The van der Waals surface area contributed by atoms with Crippen LogP contribution >= 0.6 is 0 Å². The second kappa shape index (κ2) is 7.33. The summed E-state index contributed by atoms with van der Waals surface area (Å²) in [5.74, 6) is 0.00388. The first kappa shape index (κ1) is 24.8. The van der Waals surface area contributed by atoms with Crippen molar-refractivity contribution in [2.45, 2.75) is 113 Å². The Balaban J connectivity index is 1.60. The van der Waals surface area contributed by atoms with E-state index in [9.17, 15) is 14.7 Å². The fraction of sp³-hybridized carbons (Fsp3) is 0.933. The van der Waals surface area contributed by atoms with E-state index in [0.717, 1.165) is 25.7 Å². The summed E-state index contributed by atoms with van der Waals surface area (Å²) in [6.07, 6.45) is 10.8. The fourth-order valence-electron chi connectivity index (χ4n) is 10.8. The fourth-order valence-corrected chi connectivity index (χ4v) is 10.8. The lowest BCUT2D eigenvalue weighted by Gasteiger charge is -2.74. The monoisotopic (exact) mass is 472 g/mol. The summed E-state index contributed by atoms with van der Waals surface area (Å²) in [5, 5.41) is 11.2. The summed E-state index contributed by atoms with van der Waals surface area (Å²) in [5.41, 5.74) is 0.569. The topological polar surface area (TPSA) is 63.6 Å². The molecule has 9 atom stereocenters. The van der Waals surface area contributed by atoms with Crippen molar-refractivity contribution in [1.29, 1.82) is 0 Å². The highest BCUT2D eigenvalue weighted by molar-refractivity contribution is 5.88. The van der Waals surface area contributed by atoms with Crippen LogP contribution in [-0.4, -0.2) is 23.7 Å². The Morgan fingerprint density at radius 1 is 0.824 bits per heavy atom. The van der Waals surface area contributed by atoms with Gasteiger partial charge >= 0.3 is 11.9 Å². The van der Waals surface area contributed by atoms with Crippen LogP contribution in [0.5, 0.6) is 0 Å². The molecule has 0 aromatic carbocycles. The summed E-state index contributed by atoms with van der Waals surface area (Å²) in [6.45, 7) is 16.9. The number of cyclic esters (lactones) is 2. The molecule has 0 spiro atoms. The molecule has 192 valence electrons. The summed E-state index contributed by atoms with van der Waals surface area (Å²) >= 11 is 0. The molecule has 1 N–H and O–H groups in total. The number of fused-ring (bicyclic) bond motifs is 7. The van der Waals surface area contributed by atoms with E-state index in [4.69, 9.17) is 4.74 Å². The number of carbonyl (C=O) groups is 2. The Hall–Kier alpha value is -0.900. The summed E-state index contributed by atoms with van der Waals surface area (Å²) in [6, 6.07) is 0. The second-order valence-electron chi connectivity index (χ2n) is 15.2. The molecular weight excluding hydrogens is 424 g/mol. The number of aliphatic hydroxyl groups excluding tert-OH is 1. The Kier molecular flexibility index (Phi) is 5.34. The molecule has 4 saturated carbocycles. The van der Waals surface area contributed by atoms with E-state index in [2.05, 4.69) is 41.5 Å². The maximum absolute atomic E-state index is 12.8.